The molecule has 3 aromatic rings. The average Bonchev–Trinajstić information content (AvgIpc) is 2.95. The number of pyridine rings is 1. The lowest BCUT2D eigenvalue weighted by Gasteiger charge is -2.28. The van der Waals surface area contributed by atoms with Crippen LogP contribution in [0, 0.1) is 12.8 Å². The molecule has 0 saturated carbocycles. The van der Waals surface area contributed by atoms with Crippen LogP contribution in [-0.4, -0.2) is 45.0 Å². The highest BCUT2D eigenvalue weighted by Gasteiger charge is 2.20. The lowest BCUT2D eigenvalue weighted by molar-refractivity contribution is 0.212. The summed E-state index contributed by atoms with van der Waals surface area (Å²) in [5, 5.41) is 7.30. The van der Waals surface area contributed by atoms with E-state index in [-0.39, 0.29) is 0 Å². The van der Waals surface area contributed by atoms with E-state index in [1.165, 1.54) is 32.4 Å². The van der Waals surface area contributed by atoms with Crippen LogP contribution in [-0.2, 0) is 12.8 Å². The molecule has 34 heavy (non-hydrogen) atoms. The highest BCUT2D eigenvalue weighted by Crippen LogP contribution is 2.35. The van der Waals surface area contributed by atoms with Crippen molar-refractivity contribution in [2.45, 2.75) is 39.0 Å². The van der Waals surface area contributed by atoms with Gasteiger partial charge in [0.25, 0.3) is 0 Å². The first kappa shape index (κ1) is 23.1. The summed E-state index contributed by atoms with van der Waals surface area (Å²) >= 11 is 11.7. The fourth-order valence-corrected chi connectivity index (χ4v) is 5.17. The number of hydrogen-bond acceptors (Lipinski definition) is 6. The predicted molar refractivity (Wildman–Crippen MR) is 143 cm³/mol. The summed E-state index contributed by atoms with van der Waals surface area (Å²) in [7, 11) is 2.21. The third-order valence-corrected chi connectivity index (χ3v) is 7.24. The third-order valence-electron chi connectivity index (χ3n) is 6.76. The van der Waals surface area contributed by atoms with E-state index in [1.807, 2.05) is 31.3 Å². The first-order valence-corrected chi connectivity index (χ1v) is 12.6. The molecule has 0 amide bonds. The number of likely N-dealkylation sites (tertiary alicyclic amines) is 1. The average molecular weight is 493 g/mol. The van der Waals surface area contributed by atoms with E-state index in [0.717, 1.165) is 56.9 Å². The molecule has 4 heterocycles. The molecular formula is C26H29ClN6S. The van der Waals surface area contributed by atoms with Gasteiger partial charge in [0.2, 0.25) is 5.95 Å². The van der Waals surface area contributed by atoms with Crippen LogP contribution in [0.5, 0.6) is 0 Å². The van der Waals surface area contributed by atoms with Gasteiger partial charge in [-0.25, -0.2) is 9.97 Å². The van der Waals surface area contributed by atoms with Gasteiger partial charge in [-0.1, -0.05) is 23.8 Å². The number of hydrogen-bond donors (Lipinski definition) is 2. The van der Waals surface area contributed by atoms with Crippen molar-refractivity contribution in [2.24, 2.45) is 5.92 Å². The molecule has 2 N–H and O–H groups in total. The number of nitrogens with one attached hydrogen (secondary N) is 2. The van der Waals surface area contributed by atoms with E-state index in [0.29, 0.717) is 17.4 Å². The molecule has 1 aromatic carbocycles. The van der Waals surface area contributed by atoms with Crippen molar-refractivity contribution in [3.63, 3.8) is 0 Å². The van der Waals surface area contributed by atoms with Gasteiger partial charge in [-0.15, -0.1) is 0 Å². The normalized spacial score (nSPS) is 16.4. The summed E-state index contributed by atoms with van der Waals surface area (Å²) in [5.41, 5.74) is 6.70. The molecule has 0 atom stereocenters. The Morgan fingerprint density at radius 1 is 1.18 bits per heavy atom. The monoisotopic (exact) mass is 492 g/mol. The first-order chi connectivity index (χ1) is 16.4. The first-order valence-electron chi connectivity index (χ1n) is 11.8. The van der Waals surface area contributed by atoms with Crippen LogP contribution in [0.15, 0.2) is 36.5 Å². The van der Waals surface area contributed by atoms with Gasteiger partial charge in [0, 0.05) is 40.1 Å². The minimum atomic E-state index is 0.538. The molecule has 0 spiro atoms. The highest BCUT2D eigenvalue weighted by molar-refractivity contribution is 7.80. The van der Waals surface area contributed by atoms with Crippen LogP contribution in [0.4, 0.5) is 17.3 Å². The number of nitrogens with zero attached hydrogens (tertiary/aromatic N) is 4. The molecule has 6 nitrogen and oxygen atoms in total. The van der Waals surface area contributed by atoms with E-state index in [1.54, 1.807) is 0 Å². The summed E-state index contributed by atoms with van der Waals surface area (Å²) in [6.07, 6.45) is 7.25. The van der Waals surface area contributed by atoms with E-state index < -0.39 is 0 Å². The Kier molecular flexibility index (Phi) is 6.77. The summed E-state index contributed by atoms with van der Waals surface area (Å²) in [4.78, 5) is 17.4. The second-order valence-electron chi connectivity index (χ2n) is 9.33. The molecule has 176 valence electrons. The van der Waals surface area contributed by atoms with E-state index >= 15 is 0 Å². The number of rotatable bonds is 5. The van der Waals surface area contributed by atoms with Gasteiger partial charge >= 0.3 is 0 Å². The second kappa shape index (κ2) is 9.94. The van der Waals surface area contributed by atoms with E-state index in [9.17, 15) is 0 Å². The van der Waals surface area contributed by atoms with E-state index in [2.05, 4.69) is 39.7 Å². The number of anilines is 3. The largest absolute Gasteiger partial charge is 0.349 e. The van der Waals surface area contributed by atoms with Crippen LogP contribution >= 0.6 is 23.8 Å². The standard InChI is InChI=1S/C26H29ClN6S/c1-16-22(8-6-20(29-16)5-3-17-9-11-33(2)12-10-17)31-26-28-15-18-13-24(34)30-23-14-19(27)4-7-21(23)25(18)32-26/h4,6-8,14-15,17H,3,5,9-13H2,1-2H3,(H,30,34)(H,28,31,32). The number of piperidine rings is 1. The molecular weight excluding hydrogens is 464 g/mol. The third kappa shape index (κ3) is 5.22. The quantitative estimate of drug-likeness (QED) is 0.435. The Morgan fingerprint density at radius 3 is 2.79 bits per heavy atom. The van der Waals surface area contributed by atoms with Gasteiger partial charge in [-0.05, 0) is 89.0 Å². The Labute approximate surface area is 211 Å². The topological polar surface area (TPSA) is 66.0 Å². The summed E-state index contributed by atoms with van der Waals surface area (Å²) in [6.45, 7) is 4.45. The number of aryl methyl sites for hydroxylation is 2. The minimum Gasteiger partial charge on any atom is -0.349 e. The fourth-order valence-electron chi connectivity index (χ4n) is 4.73. The number of halogens is 1. The second-order valence-corrected chi connectivity index (χ2v) is 10.3. The van der Waals surface area contributed by atoms with Gasteiger partial charge in [-0.3, -0.25) is 4.98 Å². The summed E-state index contributed by atoms with van der Waals surface area (Å²) in [6, 6.07) is 9.93. The molecule has 2 aliphatic rings. The molecule has 0 aliphatic carbocycles. The molecule has 1 saturated heterocycles. The SMILES string of the molecule is Cc1nc(CCC2CCN(C)CC2)ccc1Nc1ncc2c(n1)-c1ccc(Cl)cc1NC(=S)C2. The maximum absolute atomic E-state index is 6.21. The van der Waals surface area contributed by atoms with Gasteiger partial charge in [0.15, 0.2) is 0 Å². The maximum Gasteiger partial charge on any atom is 0.227 e. The molecule has 0 unspecified atom stereocenters. The Bertz CT molecular complexity index is 1220. The molecule has 0 radical (unpaired) electrons. The zero-order chi connectivity index (χ0) is 23.7. The summed E-state index contributed by atoms with van der Waals surface area (Å²) < 4.78 is 0. The van der Waals surface area contributed by atoms with Crippen molar-refractivity contribution in [1.82, 2.24) is 19.9 Å². The molecule has 2 aromatic heterocycles. The van der Waals surface area contributed by atoms with Crippen molar-refractivity contribution in [3.05, 3.63) is 58.5 Å². The Hall–Kier alpha value is -2.61. The van der Waals surface area contributed by atoms with Crippen LogP contribution in [0.2, 0.25) is 5.02 Å². The Balaban J connectivity index is 1.32. The van der Waals surface area contributed by atoms with Crippen molar-refractivity contribution in [3.8, 4) is 11.3 Å². The van der Waals surface area contributed by atoms with Gasteiger partial charge in [-0.2, -0.15) is 0 Å². The van der Waals surface area contributed by atoms with Crippen LogP contribution in [0.25, 0.3) is 11.3 Å². The van der Waals surface area contributed by atoms with E-state index in [4.69, 9.17) is 33.8 Å². The van der Waals surface area contributed by atoms with Crippen molar-refractivity contribution < 1.29 is 0 Å². The molecule has 0 bridgehead atoms. The molecule has 2 aliphatic heterocycles. The molecule has 5 rings (SSSR count). The maximum atomic E-state index is 6.21. The van der Waals surface area contributed by atoms with Crippen molar-refractivity contribution >= 4 is 46.1 Å². The summed E-state index contributed by atoms with van der Waals surface area (Å²) in [5.74, 6) is 1.35. The smallest absolute Gasteiger partial charge is 0.227 e. The van der Waals surface area contributed by atoms with Crippen LogP contribution in [0.1, 0.15) is 36.2 Å². The van der Waals surface area contributed by atoms with Crippen molar-refractivity contribution in [2.75, 3.05) is 30.8 Å². The highest BCUT2D eigenvalue weighted by atomic mass is 35.5. The van der Waals surface area contributed by atoms with Gasteiger partial charge in [0.1, 0.15) is 0 Å². The van der Waals surface area contributed by atoms with Crippen LogP contribution in [0.3, 0.4) is 0 Å². The molecule has 1 fully saturated rings. The Morgan fingerprint density at radius 2 is 2.00 bits per heavy atom. The number of aromatic nitrogens is 3. The van der Waals surface area contributed by atoms with Gasteiger partial charge < -0.3 is 15.5 Å². The fraction of sp³-hybridized carbons (Fsp3) is 0.385. The zero-order valence-corrected chi connectivity index (χ0v) is 21.1. The van der Waals surface area contributed by atoms with Crippen molar-refractivity contribution in [1.29, 1.82) is 0 Å². The van der Waals surface area contributed by atoms with Gasteiger partial charge in [0.05, 0.1) is 22.1 Å². The zero-order valence-electron chi connectivity index (χ0n) is 19.6. The number of thiocarbonyl (C=S) groups is 1. The molecule has 8 heteroatoms. The predicted octanol–water partition coefficient (Wildman–Crippen LogP) is 5.81. The lowest BCUT2D eigenvalue weighted by Crippen LogP contribution is -2.30. The lowest BCUT2D eigenvalue weighted by atomic mass is 9.92. The minimum absolute atomic E-state index is 0.538. The van der Waals surface area contributed by atoms with Crippen LogP contribution < -0.4 is 10.6 Å². The number of benzene rings is 1. The number of fused-ring (bicyclic) bond motifs is 3.